The van der Waals surface area contributed by atoms with Gasteiger partial charge in [0.1, 0.15) is 0 Å². The summed E-state index contributed by atoms with van der Waals surface area (Å²) in [4.78, 5) is 0. The highest BCUT2D eigenvalue weighted by atomic mass is 16.5. The number of rotatable bonds is 0. The fourth-order valence-corrected chi connectivity index (χ4v) is 1.74. The zero-order chi connectivity index (χ0) is 6.86. The van der Waals surface area contributed by atoms with Crippen LogP contribution in [0.15, 0.2) is 0 Å². The molecule has 2 rings (SSSR count). The third kappa shape index (κ3) is 1.05. The first kappa shape index (κ1) is 6.58. The Labute approximate surface area is 61.1 Å². The summed E-state index contributed by atoms with van der Waals surface area (Å²) in [6.45, 7) is 3.83. The van der Waals surface area contributed by atoms with Gasteiger partial charge in [0, 0.05) is 6.54 Å². The Morgan fingerprint density at radius 3 is 2.70 bits per heavy atom. The van der Waals surface area contributed by atoms with Crippen LogP contribution in [0.3, 0.4) is 0 Å². The zero-order valence-electron chi connectivity index (χ0n) is 6.15. The van der Waals surface area contributed by atoms with Crippen molar-refractivity contribution >= 4 is 0 Å². The van der Waals surface area contributed by atoms with E-state index in [1.54, 1.807) is 0 Å². The summed E-state index contributed by atoms with van der Waals surface area (Å²) in [5.41, 5.74) is 0.151. The number of hydrogen-bond acceptors (Lipinski definition) is 3. The molecule has 2 aliphatic heterocycles. The topological polar surface area (TPSA) is 33.3 Å². The maximum absolute atomic E-state index is 5.38. The van der Waals surface area contributed by atoms with Crippen molar-refractivity contribution in [2.75, 3.05) is 26.3 Å². The predicted molar refractivity (Wildman–Crippen MR) is 38.8 cm³/mol. The molecule has 1 unspecified atom stereocenters. The van der Waals surface area contributed by atoms with E-state index >= 15 is 0 Å². The first-order chi connectivity index (χ1) is 4.91. The van der Waals surface area contributed by atoms with Gasteiger partial charge < -0.3 is 4.74 Å². The molecule has 2 saturated heterocycles. The van der Waals surface area contributed by atoms with Gasteiger partial charge in [-0.05, 0) is 19.4 Å². The molecule has 2 heterocycles. The Balaban J connectivity index is 1.98. The van der Waals surface area contributed by atoms with Crippen molar-refractivity contribution in [1.29, 1.82) is 0 Å². The molecule has 3 heteroatoms. The lowest BCUT2D eigenvalue weighted by molar-refractivity contribution is 0.0199. The second kappa shape index (κ2) is 2.49. The fraction of sp³-hybridized carbons (Fsp3) is 1.00. The van der Waals surface area contributed by atoms with Crippen LogP contribution in [0.2, 0.25) is 0 Å². The van der Waals surface area contributed by atoms with Gasteiger partial charge in [-0.1, -0.05) is 0 Å². The highest BCUT2D eigenvalue weighted by molar-refractivity contribution is 4.92. The summed E-state index contributed by atoms with van der Waals surface area (Å²) in [6.07, 6.45) is 2.49. The van der Waals surface area contributed by atoms with Crippen molar-refractivity contribution in [2.24, 2.45) is 0 Å². The Kier molecular flexibility index (Phi) is 1.64. The summed E-state index contributed by atoms with van der Waals surface area (Å²) in [7, 11) is 0. The molecule has 0 saturated carbocycles. The minimum atomic E-state index is 0.151. The standard InChI is InChI=1S/C7H14N2O/c1-2-7(8-3-1)6-10-5-4-9-7/h8-9H,1-6H2. The molecule has 0 aromatic carbocycles. The van der Waals surface area contributed by atoms with E-state index in [2.05, 4.69) is 10.6 Å². The van der Waals surface area contributed by atoms with E-state index in [1.165, 1.54) is 12.8 Å². The average Bonchev–Trinajstić information content (AvgIpc) is 2.39. The van der Waals surface area contributed by atoms with Gasteiger partial charge >= 0.3 is 0 Å². The second-order valence-corrected chi connectivity index (χ2v) is 3.09. The first-order valence-electron chi connectivity index (χ1n) is 3.99. The molecule has 0 amide bonds. The lowest BCUT2D eigenvalue weighted by Gasteiger charge is -2.34. The normalized spacial score (nSPS) is 40.8. The smallest absolute Gasteiger partial charge is 0.0928 e. The molecule has 3 nitrogen and oxygen atoms in total. The van der Waals surface area contributed by atoms with Crippen molar-refractivity contribution < 1.29 is 4.74 Å². The average molecular weight is 142 g/mol. The molecule has 2 fully saturated rings. The number of ether oxygens (including phenoxy) is 1. The molecule has 0 aromatic rings. The van der Waals surface area contributed by atoms with E-state index < -0.39 is 0 Å². The van der Waals surface area contributed by atoms with E-state index in [1.807, 2.05) is 0 Å². The molecule has 58 valence electrons. The van der Waals surface area contributed by atoms with Gasteiger partial charge in [-0.2, -0.15) is 0 Å². The van der Waals surface area contributed by atoms with E-state index in [0.29, 0.717) is 0 Å². The Morgan fingerprint density at radius 2 is 2.10 bits per heavy atom. The lowest BCUT2D eigenvalue weighted by Crippen LogP contribution is -2.60. The van der Waals surface area contributed by atoms with Gasteiger partial charge in [-0.15, -0.1) is 0 Å². The largest absolute Gasteiger partial charge is 0.377 e. The molecule has 0 aromatic heterocycles. The monoisotopic (exact) mass is 142 g/mol. The quantitative estimate of drug-likeness (QED) is 0.486. The van der Waals surface area contributed by atoms with E-state index in [4.69, 9.17) is 4.74 Å². The summed E-state index contributed by atoms with van der Waals surface area (Å²) >= 11 is 0. The van der Waals surface area contributed by atoms with Crippen LogP contribution in [-0.4, -0.2) is 32.0 Å². The fourth-order valence-electron chi connectivity index (χ4n) is 1.74. The van der Waals surface area contributed by atoms with Gasteiger partial charge in [0.15, 0.2) is 0 Å². The van der Waals surface area contributed by atoms with E-state index in [-0.39, 0.29) is 5.66 Å². The summed E-state index contributed by atoms with van der Waals surface area (Å²) < 4.78 is 5.38. The Bertz CT molecular complexity index is 113. The summed E-state index contributed by atoms with van der Waals surface area (Å²) in [5.74, 6) is 0. The van der Waals surface area contributed by atoms with E-state index in [9.17, 15) is 0 Å². The van der Waals surface area contributed by atoms with Crippen LogP contribution in [0, 0.1) is 0 Å². The minimum Gasteiger partial charge on any atom is -0.377 e. The number of hydrogen-bond donors (Lipinski definition) is 2. The molecular weight excluding hydrogens is 128 g/mol. The van der Waals surface area contributed by atoms with Crippen molar-refractivity contribution in [2.45, 2.75) is 18.5 Å². The minimum absolute atomic E-state index is 0.151. The van der Waals surface area contributed by atoms with Crippen LogP contribution < -0.4 is 10.6 Å². The maximum Gasteiger partial charge on any atom is 0.0928 e. The van der Waals surface area contributed by atoms with Crippen molar-refractivity contribution in [3.05, 3.63) is 0 Å². The molecular formula is C7H14N2O. The second-order valence-electron chi connectivity index (χ2n) is 3.09. The summed E-state index contributed by atoms with van der Waals surface area (Å²) in [6, 6.07) is 0. The van der Waals surface area contributed by atoms with Crippen LogP contribution in [0.4, 0.5) is 0 Å². The van der Waals surface area contributed by atoms with Crippen LogP contribution >= 0.6 is 0 Å². The maximum atomic E-state index is 5.38. The number of nitrogens with one attached hydrogen (secondary N) is 2. The van der Waals surface area contributed by atoms with Crippen LogP contribution in [0.5, 0.6) is 0 Å². The predicted octanol–water partition coefficient (Wildman–Crippen LogP) is -0.314. The molecule has 2 aliphatic rings. The molecule has 1 atom stereocenters. The molecule has 0 aliphatic carbocycles. The first-order valence-corrected chi connectivity index (χ1v) is 3.99. The molecule has 2 N–H and O–H groups in total. The van der Waals surface area contributed by atoms with Crippen molar-refractivity contribution in [1.82, 2.24) is 10.6 Å². The van der Waals surface area contributed by atoms with Gasteiger partial charge in [0.05, 0.1) is 18.9 Å². The third-order valence-electron chi connectivity index (χ3n) is 2.30. The van der Waals surface area contributed by atoms with Crippen LogP contribution in [0.1, 0.15) is 12.8 Å². The molecule has 0 bridgehead atoms. The summed E-state index contributed by atoms with van der Waals surface area (Å²) in [5, 5.41) is 6.89. The lowest BCUT2D eigenvalue weighted by atomic mass is 10.1. The Morgan fingerprint density at radius 1 is 1.20 bits per heavy atom. The highest BCUT2D eigenvalue weighted by Crippen LogP contribution is 2.18. The van der Waals surface area contributed by atoms with Gasteiger partial charge in [-0.3, -0.25) is 10.6 Å². The molecule has 10 heavy (non-hydrogen) atoms. The van der Waals surface area contributed by atoms with Crippen LogP contribution in [-0.2, 0) is 4.74 Å². The van der Waals surface area contributed by atoms with Crippen molar-refractivity contribution in [3.63, 3.8) is 0 Å². The van der Waals surface area contributed by atoms with E-state index in [0.717, 1.165) is 26.3 Å². The molecule has 1 spiro atoms. The van der Waals surface area contributed by atoms with Gasteiger partial charge in [-0.25, -0.2) is 0 Å². The SMILES string of the molecule is C1CNC2(C1)COCCN2. The van der Waals surface area contributed by atoms with Gasteiger partial charge in [0.2, 0.25) is 0 Å². The number of morpholine rings is 1. The van der Waals surface area contributed by atoms with Gasteiger partial charge in [0.25, 0.3) is 0 Å². The van der Waals surface area contributed by atoms with Crippen LogP contribution in [0.25, 0.3) is 0 Å². The van der Waals surface area contributed by atoms with Crippen molar-refractivity contribution in [3.8, 4) is 0 Å². The molecule has 0 radical (unpaired) electrons. The zero-order valence-corrected chi connectivity index (χ0v) is 6.15. The Hall–Kier alpha value is -0.120. The highest BCUT2D eigenvalue weighted by Gasteiger charge is 2.34. The third-order valence-corrected chi connectivity index (χ3v) is 2.30.